The van der Waals surface area contributed by atoms with Crippen LogP contribution in [0.15, 0.2) is 66.7 Å². The van der Waals surface area contributed by atoms with Crippen LogP contribution < -0.4 is 9.64 Å². The summed E-state index contributed by atoms with van der Waals surface area (Å²) < 4.78 is 5.96. The predicted octanol–water partition coefficient (Wildman–Crippen LogP) is 3.82. The maximum Gasteiger partial charge on any atom is 0.264 e. The second-order valence-electron chi connectivity index (χ2n) is 7.39. The first-order chi connectivity index (χ1) is 14.0. The molecule has 1 atom stereocenters. The average Bonchev–Trinajstić information content (AvgIpc) is 2.92. The Labute approximate surface area is 169 Å². The van der Waals surface area contributed by atoms with Crippen molar-refractivity contribution in [2.75, 3.05) is 18.1 Å². The predicted molar refractivity (Wildman–Crippen MR) is 112 cm³/mol. The molecule has 0 fully saturated rings. The van der Waals surface area contributed by atoms with Crippen LogP contribution in [0.3, 0.4) is 0 Å². The number of hydrogen-bond acceptors (Lipinski definition) is 4. The molecule has 4 rings (SSSR count). The minimum Gasteiger partial charge on any atom is -0.493 e. The van der Waals surface area contributed by atoms with Crippen LogP contribution in [0, 0.1) is 0 Å². The van der Waals surface area contributed by atoms with Crippen LogP contribution >= 0.6 is 0 Å². The maximum absolute atomic E-state index is 12.9. The van der Waals surface area contributed by atoms with Gasteiger partial charge >= 0.3 is 0 Å². The molecule has 3 aromatic rings. The standard InChI is InChI=1S/C24H23NO4/c1-17(26)16-24(28)20-11-4-5-12-21(20)25(23(24)27)14-7-15-29-22-13-6-9-18-8-2-3-10-19(18)22/h2-6,8-13,28H,7,14-16H2,1H3/t24-/m0/s1. The highest BCUT2D eigenvalue weighted by Crippen LogP contribution is 2.42. The quantitative estimate of drug-likeness (QED) is 0.624. The number of aliphatic hydroxyl groups is 1. The summed E-state index contributed by atoms with van der Waals surface area (Å²) in [6, 6.07) is 21.1. The summed E-state index contributed by atoms with van der Waals surface area (Å²) in [7, 11) is 0. The Balaban J connectivity index is 1.46. The number of ether oxygens (including phenoxy) is 1. The second kappa shape index (κ2) is 7.68. The van der Waals surface area contributed by atoms with E-state index in [0.29, 0.717) is 30.8 Å². The van der Waals surface area contributed by atoms with E-state index in [1.165, 1.54) is 6.92 Å². The lowest BCUT2D eigenvalue weighted by Crippen LogP contribution is -2.42. The third kappa shape index (κ3) is 3.49. The van der Waals surface area contributed by atoms with Gasteiger partial charge in [0.1, 0.15) is 11.5 Å². The molecular weight excluding hydrogens is 366 g/mol. The number of anilines is 1. The van der Waals surface area contributed by atoms with Gasteiger partial charge < -0.3 is 14.7 Å². The molecule has 1 heterocycles. The third-order valence-corrected chi connectivity index (χ3v) is 5.28. The zero-order valence-electron chi connectivity index (χ0n) is 16.3. The van der Waals surface area contributed by atoms with Gasteiger partial charge in [-0.3, -0.25) is 9.59 Å². The number of benzene rings is 3. The Morgan fingerprint density at radius 1 is 1.03 bits per heavy atom. The normalized spacial score (nSPS) is 18.1. The van der Waals surface area contributed by atoms with Gasteiger partial charge in [-0.05, 0) is 30.9 Å². The zero-order valence-corrected chi connectivity index (χ0v) is 16.3. The summed E-state index contributed by atoms with van der Waals surface area (Å²) in [6.07, 6.45) is 0.380. The Kier molecular flexibility index (Phi) is 5.07. The number of amides is 1. The van der Waals surface area contributed by atoms with Crippen LogP contribution in [0.2, 0.25) is 0 Å². The summed E-state index contributed by atoms with van der Waals surface area (Å²) in [5.41, 5.74) is -0.625. The van der Waals surface area contributed by atoms with Gasteiger partial charge in [0.2, 0.25) is 0 Å². The summed E-state index contributed by atoms with van der Waals surface area (Å²) in [4.78, 5) is 26.1. The molecule has 0 spiro atoms. The second-order valence-corrected chi connectivity index (χ2v) is 7.39. The molecule has 1 aliphatic rings. The zero-order chi connectivity index (χ0) is 20.4. The molecule has 1 N–H and O–H groups in total. The van der Waals surface area contributed by atoms with E-state index < -0.39 is 11.5 Å². The Morgan fingerprint density at radius 3 is 2.59 bits per heavy atom. The van der Waals surface area contributed by atoms with E-state index in [4.69, 9.17) is 4.74 Å². The molecule has 0 saturated carbocycles. The van der Waals surface area contributed by atoms with Gasteiger partial charge in [0.25, 0.3) is 5.91 Å². The number of ketones is 1. The number of Topliss-reactive ketones (excluding diaryl/α,β-unsaturated/α-hetero) is 1. The molecule has 0 saturated heterocycles. The topological polar surface area (TPSA) is 66.8 Å². The van der Waals surface area contributed by atoms with Crippen molar-refractivity contribution in [3.05, 3.63) is 72.3 Å². The highest BCUT2D eigenvalue weighted by Gasteiger charge is 2.49. The molecular formula is C24H23NO4. The lowest BCUT2D eigenvalue weighted by atomic mass is 9.90. The summed E-state index contributed by atoms with van der Waals surface area (Å²) in [5.74, 6) is 0.139. The molecule has 0 bridgehead atoms. The van der Waals surface area contributed by atoms with Crippen LogP contribution in [0.5, 0.6) is 5.75 Å². The van der Waals surface area contributed by atoms with Crippen molar-refractivity contribution in [2.24, 2.45) is 0 Å². The first-order valence-electron chi connectivity index (χ1n) is 9.74. The minimum atomic E-state index is -1.78. The van der Waals surface area contributed by atoms with E-state index in [1.807, 2.05) is 48.5 Å². The van der Waals surface area contributed by atoms with Crippen molar-refractivity contribution >= 4 is 28.2 Å². The number of carbonyl (C=O) groups excluding carboxylic acids is 2. The fraction of sp³-hybridized carbons (Fsp3) is 0.250. The first-order valence-corrected chi connectivity index (χ1v) is 9.74. The Bertz CT molecular complexity index is 1070. The van der Waals surface area contributed by atoms with E-state index >= 15 is 0 Å². The van der Waals surface area contributed by atoms with Crippen LogP contribution in [0.25, 0.3) is 10.8 Å². The third-order valence-electron chi connectivity index (χ3n) is 5.28. The van der Waals surface area contributed by atoms with Crippen molar-refractivity contribution in [1.82, 2.24) is 0 Å². The minimum absolute atomic E-state index is 0.216. The number of fused-ring (bicyclic) bond motifs is 2. The molecule has 0 radical (unpaired) electrons. The Hall–Kier alpha value is -3.18. The van der Waals surface area contributed by atoms with Crippen LogP contribution in [0.1, 0.15) is 25.3 Å². The molecule has 0 unspecified atom stereocenters. The van der Waals surface area contributed by atoms with Gasteiger partial charge in [0, 0.05) is 23.9 Å². The monoisotopic (exact) mass is 389 g/mol. The first kappa shape index (κ1) is 19.2. The lowest BCUT2D eigenvalue weighted by molar-refractivity contribution is -0.141. The molecule has 3 aromatic carbocycles. The largest absolute Gasteiger partial charge is 0.493 e. The van der Waals surface area contributed by atoms with Crippen LogP contribution in [-0.2, 0) is 15.2 Å². The van der Waals surface area contributed by atoms with Crippen molar-refractivity contribution in [3.8, 4) is 5.75 Å². The van der Waals surface area contributed by atoms with E-state index in [-0.39, 0.29) is 12.2 Å². The van der Waals surface area contributed by atoms with E-state index in [0.717, 1.165) is 16.5 Å². The molecule has 0 aliphatic carbocycles. The Morgan fingerprint density at radius 2 is 1.76 bits per heavy atom. The van der Waals surface area contributed by atoms with E-state index in [2.05, 4.69) is 0 Å². The van der Waals surface area contributed by atoms with Crippen molar-refractivity contribution < 1.29 is 19.4 Å². The smallest absolute Gasteiger partial charge is 0.264 e. The van der Waals surface area contributed by atoms with Crippen molar-refractivity contribution in [2.45, 2.75) is 25.4 Å². The average molecular weight is 389 g/mol. The molecule has 148 valence electrons. The van der Waals surface area contributed by atoms with Crippen LogP contribution in [0.4, 0.5) is 5.69 Å². The molecule has 0 aromatic heterocycles. The molecule has 29 heavy (non-hydrogen) atoms. The van der Waals surface area contributed by atoms with Gasteiger partial charge in [0.05, 0.1) is 12.3 Å². The van der Waals surface area contributed by atoms with E-state index in [9.17, 15) is 14.7 Å². The van der Waals surface area contributed by atoms with Gasteiger partial charge in [-0.1, -0.05) is 54.6 Å². The number of hydrogen-bond donors (Lipinski definition) is 1. The summed E-state index contributed by atoms with van der Waals surface area (Å²) >= 11 is 0. The van der Waals surface area contributed by atoms with Gasteiger partial charge in [0.15, 0.2) is 5.60 Å². The molecule has 5 heteroatoms. The van der Waals surface area contributed by atoms with Crippen molar-refractivity contribution in [1.29, 1.82) is 0 Å². The summed E-state index contributed by atoms with van der Waals surface area (Å²) in [5, 5.41) is 13.1. The van der Waals surface area contributed by atoms with Gasteiger partial charge in [-0.2, -0.15) is 0 Å². The van der Waals surface area contributed by atoms with Crippen molar-refractivity contribution in [3.63, 3.8) is 0 Å². The fourth-order valence-corrected chi connectivity index (χ4v) is 3.99. The SMILES string of the molecule is CC(=O)C[C@@]1(O)C(=O)N(CCCOc2cccc3ccccc23)c2ccccc21. The maximum atomic E-state index is 12.9. The van der Waals surface area contributed by atoms with E-state index in [1.54, 1.807) is 23.1 Å². The number of nitrogens with zero attached hydrogens (tertiary/aromatic N) is 1. The highest BCUT2D eigenvalue weighted by molar-refractivity contribution is 6.08. The lowest BCUT2D eigenvalue weighted by Gasteiger charge is -2.22. The molecule has 1 amide bonds. The number of para-hydroxylation sites is 1. The fourth-order valence-electron chi connectivity index (χ4n) is 3.99. The van der Waals surface area contributed by atoms with Gasteiger partial charge in [-0.15, -0.1) is 0 Å². The number of rotatable bonds is 7. The van der Waals surface area contributed by atoms with Gasteiger partial charge in [-0.25, -0.2) is 0 Å². The number of carbonyl (C=O) groups is 2. The summed E-state index contributed by atoms with van der Waals surface area (Å²) in [6.45, 7) is 2.22. The highest BCUT2D eigenvalue weighted by atomic mass is 16.5. The molecule has 1 aliphatic heterocycles. The molecule has 5 nitrogen and oxygen atoms in total. The van der Waals surface area contributed by atoms with Crippen LogP contribution in [-0.4, -0.2) is 29.9 Å².